The second-order valence-electron chi connectivity index (χ2n) is 3.74. The molecule has 16 heavy (non-hydrogen) atoms. The van der Waals surface area contributed by atoms with Crippen molar-refractivity contribution in [2.45, 2.75) is 19.4 Å². The van der Waals surface area contributed by atoms with E-state index in [1.165, 1.54) is 0 Å². The maximum Gasteiger partial charge on any atom is 0.253 e. The van der Waals surface area contributed by atoms with Crippen LogP contribution in [0.5, 0.6) is 0 Å². The fourth-order valence-corrected chi connectivity index (χ4v) is 1.83. The quantitative estimate of drug-likeness (QED) is 0.847. The zero-order valence-corrected chi connectivity index (χ0v) is 9.87. The molecular formula is C11H16ClN3O. The molecule has 0 unspecified atom stereocenters. The first kappa shape index (κ1) is 12.9. The summed E-state index contributed by atoms with van der Waals surface area (Å²) >= 11 is 0. The molecule has 0 spiro atoms. The van der Waals surface area contributed by atoms with Crippen LogP contribution in [0.25, 0.3) is 0 Å². The lowest BCUT2D eigenvalue weighted by Crippen LogP contribution is -2.27. The molecule has 0 bridgehead atoms. The summed E-state index contributed by atoms with van der Waals surface area (Å²) in [7, 11) is 0. The van der Waals surface area contributed by atoms with Gasteiger partial charge in [0.25, 0.3) is 5.91 Å². The van der Waals surface area contributed by atoms with Crippen LogP contribution >= 0.6 is 12.4 Å². The molecule has 2 rings (SSSR count). The Morgan fingerprint density at radius 1 is 1.44 bits per heavy atom. The molecule has 0 aromatic carbocycles. The van der Waals surface area contributed by atoms with Gasteiger partial charge in [0, 0.05) is 31.4 Å². The number of rotatable bonds is 2. The van der Waals surface area contributed by atoms with Crippen LogP contribution in [0.2, 0.25) is 0 Å². The van der Waals surface area contributed by atoms with Crippen LogP contribution in [0.1, 0.15) is 28.9 Å². The van der Waals surface area contributed by atoms with Gasteiger partial charge in [0.2, 0.25) is 0 Å². The van der Waals surface area contributed by atoms with Gasteiger partial charge in [-0.25, -0.2) is 0 Å². The van der Waals surface area contributed by atoms with Gasteiger partial charge in [-0.15, -0.1) is 12.4 Å². The van der Waals surface area contributed by atoms with Gasteiger partial charge in [0.05, 0.1) is 5.69 Å². The zero-order chi connectivity index (χ0) is 10.7. The molecule has 1 fully saturated rings. The molecule has 2 N–H and O–H groups in total. The van der Waals surface area contributed by atoms with E-state index in [0.29, 0.717) is 12.1 Å². The van der Waals surface area contributed by atoms with E-state index in [0.717, 1.165) is 31.6 Å². The Morgan fingerprint density at radius 3 is 2.75 bits per heavy atom. The van der Waals surface area contributed by atoms with Crippen molar-refractivity contribution in [3.05, 3.63) is 29.6 Å². The second kappa shape index (κ2) is 5.82. The lowest BCUT2D eigenvalue weighted by Gasteiger charge is -2.15. The number of amides is 1. The van der Waals surface area contributed by atoms with Gasteiger partial charge in [-0.05, 0) is 25.0 Å². The lowest BCUT2D eigenvalue weighted by molar-refractivity contribution is 0.0792. The number of nitrogens with two attached hydrogens (primary N) is 1. The molecule has 0 radical (unpaired) electrons. The summed E-state index contributed by atoms with van der Waals surface area (Å²) < 4.78 is 0. The molecule has 1 aliphatic rings. The molecule has 0 aliphatic carbocycles. The first-order valence-electron chi connectivity index (χ1n) is 5.25. The summed E-state index contributed by atoms with van der Waals surface area (Å²) in [4.78, 5) is 17.9. The van der Waals surface area contributed by atoms with E-state index < -0.39 is 0 Å². The van der Waals surface area contributed by atoms with E-state index in [1.807, 2.05) is 4.90 Å². The Bertz CT molecular complexity index is 364. The number of hydrogen-bond acceptors (Lipinski definition) is 3. The fourth-order valence-electron chi connectivity index (χ4n) is 1.83. The molecule has 1 aromatic rings. The van der Waals surface area contributed by atoms with Crippen LogP contribution in [0.15, 0.2) is 18.3 Å². The van der Waals surface area contributed by atoms with Gasteiger partial charge in [-0.2, -0.15) is 0 Å². The van der Waals surface area contributed by atoms with Crippen LogP contribution in [0.3, 0.4) is 0 Å². The third-order valence-corrected chi connectivity index (χ3v) is 2.67. The number of hydrogen-bond donors (Lipinski definition) is 1. The van der Waals surface area contributed by atoms with E-state index >= 15 is 0 Å². The predicted octanol–water partition coefficient (Wildman–Crippen LogP) is 1.20. The normalized spacial score (nSPS) is 14.7. The van der Waals surface area contributed by atoms with Gasteiger partial charge in [0.15, 0.2) is 0 Å². The molecule has 5 heteroatoms. The van der Waals surface area contributed by atoms with Crippen LogP contribution in [-0.4, -0.2) is 28.9 Å². The largest absolute Gasteiger partial charge is 0.339 e. The molecule has 0 saturated carbocycles. The van der Waals surface area contributed by atoms with Crippen molar-refractivity contribution >= 4 is 18.3 Å². The minimum atomic E-state index is 0. The van der Waals surface area contributed by atoms with Gasteiger partial charge < -0.3 is 10.6 Å². The summed E-state index contributed by atoms with van der Waals surface area (Å²) in [6.45, 7) is 2.12. The Balaban J connectivity index is 0.00000128. The highest BCUT2D eigenvalue weighted by atomic mass is 35.5. The van der Waals surface area contributed by atoms with Crippen molar-refractivity contribution in [2.75, 3.05) is 13.1 Å². The summed E-state index contributed by atoms with van der Waals surface area (Å²) in [5.74, 6) is 0.101. The average molecular weight is 242 g/mol. The molecule has 1 saturated heterocycles. The monoisotopic (exact) mass is 241 g/mol. The Kier molecular flexibility index (Phi) is 4.71. The summed E-state index contributed by atoms with van der Waals surface area (Å²) in [5, 5.41) is 0. The highest BCUT2D eigenvalue weighted by Crippen LogP contribution is 2.12. The van der Waals surface area contributed by atoms with E-state index in [4.69, 9.17) is 5.73 Å². The highest BCUT2D eigenvalue weighted by molar-refractivity contribution is 5.94. The third-order valence-electron chi connectivity index (χ3n) is 2.67. The maximum atomic E-state index is 12.0. The second-order valence-corrected chi connectivity index (χ2v) is 3.74. The standard InChI is InChI=1S/C11H15N3O.ClH/c12-8-10-7-9(3-4-13-10)11(15)14-5-1-2-6-14;/h3-4,7H,1-2,5-6,8,12H2;1H. The smallest absolute Gasteiger partial charge is 0.253 e. The molecule has 1 aromatic heterocycles. The molecule has 88 valence electrons. The minimum Gasteiger partial charge on any atom is -0.339 e. The van der Waals surface area contributed by atoms with Gasteiger partial charge >= 0.3 is 0 Å². The maximum absolute atomic E-state index is 12.0. The number of halogens is 1. The lowest BCUT2D eigenvalue weighted by atomic mass is 10.2. The van der Waals surface area contributed by atoms with Gasteiger partial charge in [-0.1, -0.05) is 0 Å². The van der Waals surface area contributed by atoms with Crippen molar-refractivity contribution in [3.63, 3.8) is 0 Å². The summed E-state index contributed by atoms with van der Waals surface area (Å²) in [6, 6.07) is 3.53. The number of aromatic nitrogens is 1. The van der Waals surface area contributed by atoms with Crippen LogP contribution in [0, 0.1) is 0 Å². The summed E-state index contributed by atoms with van der Waals surface area (Å²) in [6.07, 6.45) is 3.87. The van der Waals surface area contributed by atoms with Crippen molar-refractivity contribution < 1.29 is 4.79 Å². The topological polar surface area (TPSA) is 59.2 Å². The van der Waals surface area contributed by atoms with Crippen LogP contribution in [-0.2, 0) is 6.54 Å². The fraction of sp³-hybridized carbons (Fsp3) is 0.455. The Hall–Kier alpha value is -1.13. The van der Waals surface area contributed by atoms with E-state index in [9.17, 15) is 4.79 Å². The van der Waals surface area contributed by atoms with Gasteiger partial charge in [-0.3, -0.25) is 9.78 Å². The minimum absolute atomic E-state index is 0. The van der Waals surface area contributed by atoms with Crippen molar-refractivity contribution in [3.8, 4) is 0 Å². The SMILES string of the molecule is Cl.NCc1cc(C(=O)N2CCCC2)ccn1. The third kappa shape index (κ3) is 2.71. The first-order chi connectivity index (χ1) is 7.31. The van der Waals surface area contributed by atoms with Crippen LogP contribution < -0.4 is 5.73 Å². The van der Waals surface area contributed by atoms with Crippen molar-refractivity contribution in [1.82, 2.24) is 9.88 Å². The summed E-state index contributed by atoms with van der Waals surface area (Å²) in [5.41, 5.74) is 6.95. The first-order valence-corrected chi connectivity index (χ1v) is 5.25. The number of carbonyl (C=O) groups excluding carboxylic acids is 1. The van der Waals surface area contributed by atoms with E-state index in [-0.39, 0.29) is 18.3 Å². The van der Waals surface area contributed by atoms with Gasteiger partial charge in [0.1, 0.15) is 0 Å². The molecule has 2 heterocycles. The number of carbonyl (C=O) groups is 1. The Morgan fingerprint density at radius 2 is 2.12 bits per heavy atom. The average Bonchev–Trinajstić information content (AvgIpc) is 2.81. The molecular weight excluding hydrogens is 226 g/mol. The molecule has 1 amide bonds. The number of nitrogens with zero attached hydrogens (tertiary/aromatic N) is 2. The number of pyridine rings is 1. The van der Waals surface area contributed by atoms with Crippen LogP contribution in [0.4, 0.5) is 0 Å². The molecule has 0 atom stereocenters. The van der Waals surface area contributed by atoms with Crippen molar-refractivity contribution in [2.24, 2.45) is 5.73 Å². The highest BCUT2D eigenvalue weighted by Gasteiger charge is 2.19. The Labute approximate surface area is 101 Å². The predicted molar refractivity (Wildman–Crippen MR) is 64.5 cm³/mol. The zero-order valence-electron chi connectivity index (χ0n) is 9.06. The number of likely N-dealkylation sites (tertiary alicyclic amines) is 1. The molecule has 1 aliphatic heterocycles. The van der Waals surface area contributed by atoms with E-state index in [1.54, 1.807) is 18.3 Å². The van der Waals surface area contributed by atoms with Crippen molar-refractivity contribution in [1.29, 1.82) is 0 Å². The van der Waals surface area contributed by atoms with E-state index in [2.05, 4.69) is 4.98 Å². The molecule has 4 nitrogen and oxygen atoms in total.